The van der Waals surface area contributed by atoms with Gasteiger partial charge in [-0.15, -0.1) is 0 Å². The molecule has 0 aliphatic rings. The molecule has 0 amide bonds. The molecule has 0 aliphatic carbocycles. The second-order valence-corrected chi connectivity index (χ2v) is 3.99. The molecule has 1 unspecified atom stereocenters. The first-order valence-electron chi connectivity index (χ1n) is 4.52. The Hall–Kier alpha value is -1.24. The van der Waals surface area contributed by atoms with Gasteiger partial charge in [0.2, 0.25) is 0 Å². The van der Waals surface area contributed by atoms with Crippen LogP contribution in [0.5, 0.6) is 0 Å². The number of esters is 1. The molecule has 1 aromatic carbocycles. The number of benzene rings is 1. The standard InChI is InChI=1S/C11H9Cl2NO2/c1-7(15)16-6-8(5-14)10-3-2-9(12)4-11(10)13/h2-4,8H,6H2,1H3. The molecular formula is C11H9Cl2NO2. The quantitative estimate of drug-likeness (QED) is 0.782. The van der Waals surface area contributed by atoms with E-state index < -0.39 is 11.9 Å². The molecule has 0 N–H and O–H groups in total. The lowest BCUT2D eigenvalue weighted by Crippen LogP contribution is -2.09. The molecule has 1 atom stereocenters. The maximum absolute atomic E-state index is 10.6. The van der Waals surface area contributed by atoms with Crippen LogP contribution >= 0.6 is 23.2 Å². The summed E-state index contributed by atoms with van der Waals surface area (Å²) in [5.41, 5.74) is 0.606. The van der Waals surface area contributed by atoms with Crippen molar-refractivity contribution < 1.29 is 9.53 Å². The molecule has 3 nitrogen and oxygen atoms in total. The van der Waals surface area contributed by atoms with Crippen LogP contribution in [0, 0.1) is 11.3 Å². The van der Waals surface area contributed by atoms with Gasteiger partial charge in [-0.3, -0.25) is 4.79 Å². The monoisotopic (exact) mass is 257 g/mol. The highest BCUT2D eigenvalue weighted by molar-refractivity contribution is 6.35. The van der Waals surface area contributed by atoms with Crippen molar-refractivity contribution in [3.63, 3.8) is 0 Å². The van der Waals surface area contributed by atoms with Gasteiger partial charge in [-0.1, -0.05) is 29.3 Å². The molecule has 0 bridgehead atoms. The molecule has 0 heterocycles. The van der Waals surface area contributed by atoms with Crippen molar-refractivity contribution in [1.82, 2.24) is 0 Å². The molecule has 0 aliphatic heterocycles. The fourth-order valence-corrected chi connectivity index (χ4v) is 1.72. The third-order valence-corrected chi connectivity index (χ3v) is 2.51. The predicted molar refractivity (Wildman–Crippen MR) is 61.4 cm³/mol. The zero-order valence-electron chi connectivity index (χ0n) is 8.54. The predicted octanol–water partition coefficient (Wildman–Crippen LogP) is 3.16. The summed E-state index contributed by atoms with van der Waals surface area (Å²) in [6.07, 6.45) is 0. The van der Waals surface area contributed by atoms with E-state index in [-0.39, 0.29) is 6.61 Å². The fraction of sp³-hybridized carbons (Fsp3) is 0.273. The first-order chi connectivity index (χ1) is 7.54. The summed E-state index contributed by atoms with van der Waals surface area (Å²) in [7, 11) is 0. The van der Waals surface area contributed by atoms with Crippen LogP contribution in [0.15, 0.2) is 18.2 Å². The molecule has 0 radical (unpaired) electrons. The summed E-state index contributed by atoms with van der Waals surface area (Å²) in [4.78, 5) is 10.6. The molecule has 84 valence electrons. The van der Waals surface area contributed by atoms with Gasteiger partial charge in [-0.05, 0) is 17.7 Å². The molecule has 16 heavy (non-hydrogen) atoms. The molecule has 1 aromatic rings. The molecule has 5 heteroatoms. The summed E-state index contributed by atoms with van der Waals surface area (Å²) in [5.74, 6) is -1.00. The minimum Gasteiger partial charge on any atom is -0.464 e. The van der Waals surface area contributed by atoms with Crippen LogP contribution in [0.4, 0.5) is 0 Å². The summed E-state index contributed by atoms with van der Waals surface area (Å²) in [5, 5.41) is 9.85. The van der Waals surface area contributed by atoms with Gasteiger partial charge in [0.1, 0.15) is 12.5 Å². The molecular weight excluding hydrogens is 249 g/mol. The number of hydrogen-bond acceptors (Lipinski definition) is 3. The summed E-state index contributed by atoms with van der Waals surface area (Å²) in [6.45, 7) is 1.28. The molecule has 1 rings (SSSR count). The van der Waals surface area contributed by atoms with Gasteiger partial charge in [0.05, 0.1) is 6.07 Å². The van der Waals surface area contributed by atoms with Crippen molar-refractivity contribution in [3.8, 4) is 6.07 Å². The number of carbonyl (C=O) groups excluding carboxylic acids is 1. The normalized spacial score (nSPS) is 11.6. The minimum atomic E-state index is -0.575. The topological polar surface area (TPSA) is 50.1 Å². The Balaban J connectivity index is 2.87. The molecule has 0 aromatic heterocycles. The third-order valence-electron chi connectivity index (χ3n) is 1.95. The van der Waals surface area contributed by atoms with Crippen LogP contribution < -0.4 is 0 Å². The number of rotatable bonds is 3. The van der Waals surface area contributed by atoms with Crippen LogP contribution in [0.1, 0.15) is 18.4 Å². The maximum Gasteiger partial charge on any atom is 0.302 e. The second kappa shape index (κ2) is 5.74. The van der Waals surface area contributed by atoms with Gasteiger partial charge in [-0.25, -0.2) is 0 Å². The average molecular weight is 258 g/mol. The highest BCUT2D eigenvalue weighted by atomic mass is 35.5. The smallest absolute Gasteiger partial charge is 0.302 e. The van der Waals surface area contributed by atoms with E-state index in [0.717, 1.165) is 0 Å². The van der Waals surface area contributed by atoms with Crippen LogP contribution in [-0.4, -0.2) is 12.6 Å². The molecule has 0 saturated carbocycles. The Morgan fingerprint density at radius 1 is 1.56 bits per heavy atom. The first-order valence-corrected chi connectivity index (χ1v) is 5.28. The Kier molecular flexibility index (Phi) is 4.60. The van der Waals surface area contributed by atoms with Crippen molar-refractivity contribution in [2.24, 2.45) is 0 Å². The van der Waals surface area contributed by atoms with Crippen LogP contribution in [0.3, 0.4) is 0 Å². The zero-order valence-corrected chi connectivity index (χ0v) is 10.0. The van der Waals surface area contributed by atoms with Crippen molar-refractivity contribution in [2.75, 3.05) is 6.61 Å². The number of halogens is 2. The molecule has 0 spiro atoms. The van der Waals surface area contributed by atoms with Gasteiger partial charge in [0, 0.05) is 17.0 Å². The van der Waals surface area contributed by atoms with Gasteiger partial charge < -0.3 is 4.74 Å². The Morgan fingerprint density at radius 3 is 2.75 bits per heavy atom. The first kappa shape index (κ1) is 12.8. The highest BCUT2D eigenvalue weighted by Crippen LogP contribution is 2.27. The Labute approximate surface area is 104 Å². The Morgan fingerprint density at radius 2 is 2.25 bits per heavy atom. The van der Waals surface area contributed by atoms with E-state index in [1.807, 2.05) is 6.07 Å². The van der Waals surface area contributed by atoms with Crippen molar-refractivity contribution in [1.29, 1.82) is 5.26 Å². The Bertz CT molecular complexity index is 440. The largest absolute Gasteiger partial charge is 0.464 e. The van der Waals surface area contributed by atoms with Crippen LogP contribution in [0.25, 0.3) is 0 Å². The number of carbonyl (C=O) groups is 1. The molecule has 0 saturated heterocycles. The van der Waals surface area contributed by atoms with E-state index >= 15 is 0 Å². The van der Waals surface area contributed by atoms with Crippen molar-refractivity contribution >= 4 is 29.2 Å². The van der Waals surface area contributed by atoms with E-state index in [2.05, 4.69) is 0 Å². The summed E-state index contributed by atoms with van der Waals surface area (Å²) < 4.78 is 4.78. The third kappa shape index (κ3) is 3.41. The minimum absolute atomic E-state index is 0.00676. The van der Waals surface area contributed by atoms with E-state index in [1.165, 1.54) is 6.92 Å². The number of hydrogen-bond donors (Lipinski definition) is 0. The van der Waals surface area contributed by atoms with Crippen molar-refractivity contribution in [3.05, 3.63) is 33.8 Å². The van der Waals surface area contributed by atoms with E-state index in [9.17, 15) is 4.79 Å². The highest BCUT2D eigenvalue weighted by Gasteiger charge is 2.15. The number of nitriles is 1. The fourth-order valence-electron chi connectivity index (χ4n) is 1.18. The van der Waals surface area contributed by atoms with E-state index in [1.54, 1.807) is 18.2 Å². The van der Waals surface area contributed by atoms with E-state index in [0.29, 0.717) is 15.6 Å². The van der Waals surface area contributed by atoms with Gasteiger partial charge >= 0.3 is 5.97 Å². The summed E-state index contributed by atoms with van der Waals surface area (Å²) in [6, 6.07) is 6.88. The van der Waals surface area contributed by atoms with Gasteiger partial charge in [0.25, 0.3) is 0 Å². The zero-order chi connectivity index (χ0) is 12.1. The SMILES string of the molecule is CC(=O)OCC(C#N)c1ccc(Cl)cc1Cl. The summed E-state index contributed by atoms with van der Waals surface area (Å²) >= 11 is 11.7. The van der Waals surface area contributed by atoms with Crippen LogP contribution in [0.2, 0.25) is 10.0 Å². The second-order valence-electron chi connectivity index (χ2n) is 3.15. The molecule has 0 fully saturated rings. The lowest BCUT2D eigenvalue weighted by atomic mass is 10.0. The number of nitrogens with zero attached hydrogens (tertiary/aromatic N) is 1. The maximum atomic E-state index is 10.6. The van der Waals surface area contributed by atoms with Gasteiger partial charge in [-0.2, -0.15) is 5.26 Å². The van der Waals surface area contributed by atoms with Gasteiger partial charge in [0.15, 0.2) is 0 Å². The van der Waals surface area contributed by atoms with Crippen molar-refractivity contribution in [2.45, 2.75) is 12.8 Å². The van der Waals surface area contributed by atoms with Crippen LogP contribution in [-0.2, 0) is 9.53 Å². The number of ether oxygens (including phenoxy) is 1. The van der Waals surface area contributed by atoms with E-state index in [4.69, 9.17) is 33.2 Å². The lowest BCUT2D eigenvalue weighted by molar-refractivity contribution is -0.141. The average Bonchev–Trinajstić information content (AvgIpc) is 2.21. The lowest BCUT2D eigenvalue weighted by Gasteiger charge is -2.11.